The van der Waals surface area contributed by atoms with Crippen LogP contribution in [-0.4, -0.2) is 61.2 Å². The minimum atomic E-state index is -4.11. The lowest BCUT2D eigenvalue weighted by atomic mass is 9.88. The number of carboxylic acid groups (broad SMARTS) is 1. The van der Waals surface area contributed by atoms with E-state index in [9.17, 15) is 17.6 Å². The van der Waals surface area contributed by atoms with Gasteiger partial charge < -0.3 is 10.0 Å². The Morgan fingerprint density at radius 3 is 2.84 bits per heavy atom. The first kappa shape index (κ1) is 20.5. The highest BCUT2D eigenvalue weighted by molar-refractivity contribution is 7.87. The molecule has 0 saturated carbocycles. The van der Waals surface area contributed by atoms with Crippen molar-refractivity contribution in [3.63, 3.8) is 0 Å². The summed E-state index contributed by atoms with van der Waals surface area (Å²) in [5.74, 6) is -0.328. The second-order valence-corrected chi connectivity index (χ2v) is 9.59. The van der Waals surface area contributed by atoms with Gasteiger partial charge in [-0.1, -0.05) is 12.2 Å². The molecule has 1 aliphatic carbocycles. The van der Waals surface area contributed by atoms with Crippen molar-refractivity contribution in [2.24, 2.45) is 5.10 Å². The van der Waals surface area contributed by atoms with Gasteiger partial charge >= 0.3 is 16.3 Å². The number of benzene rings is 1. The molecule has 0 radical (unpaired) electrons. The Morgan fingerprint density at radius 2 is 2.12 bits per heavy atom. The van der Waals surface area contributed by atoms with Crippen LogP contribution in [0.1, 0.15) is 23.1 Å². The third kappa shape index (κ3) is 3.39. The van der Waals surface area contributed by atoms with E-state index in [-0.39, 0.29) is 18.9 Å². The first-order chi connectivity index (χ1) is 15.2. The lowest BCUT2D eigenvalue weighted by Crippen LogP contribution is -2.45. The lowest BCUT2D eigenvalue weighted by Gasteiger charge is -2.32. The van der Waals surface area contributed by atoms with Gasteiger partial charge in [-0.2, -0.15) is 17.8 Å². The quantitative estimate of drug-likeness (QED) is 0.638. The Labute approximate surface area is 184 Å². The van der Waals surface area contributed by atoms with Crippen LogP contribution in [0.3, 0.4) is 0 Å². The summed E-state index contributed by atoms with van der Waals surface area (Å²) in [6, 6.07) is 3.00. The van der Waals surface area contributed by atoms with Crippen molar-refractivity contribution in [3.8, 4) is 0 Å². The van der Waals surface area contributed by atoms with E-state index in [0.29, 0.717) is 13.0 Å². The maximum atomic E-state index is 14.4. The monoisotopic (exact) mass is 457 g/mol. The van der Waals surface area contributed by atoms with Gasteiger partial charge in [-0.15, -0.1) is 0 Å². The first-order valence-electron chi connectivity index (χ1n) is 9.95. The molecule has 0 aromatic heterocycles. The molecule has 0 fully saturated rings. The largest absolute Gasteiger partial charge is 0.464 e. The zero-order valence-corrected chi connectivity index (χ0v) is 17.9. The number of nitrogens with one attached hydrogen (secondary N) is 2. The third-order valence-corrected chi connectivity index (χ3v) is 7.28. The van der Waals surface area contributed by atoms with E-state index in [2.05, 4.69) is 10.5 Å². The molecule has 3 N–H and O–H groups in total. The SMILES string of the molecule is CN1C=C2C(=C(C3=CCN(S(=O)(=O)NC(=O)O)CC3)C1)NN=C1C=Cc3cc(F)cc2c31. The molecule has 3 aliphatic heterocycles. The van der Waals surface area contributed by atoms with Crippen LogP contribution in [0.5, 0.6) is 0 Å². The summed E-state index contributed by atoms with van der Waals surface area (Å²) in [6.45, 7) is 0.751. The molecule has 1 amide bonds. The highest BCUT2D eigenvalue weighted by Crippen LogP contribution is 2.39. The molecular weight excluding hydrogens is 437 g/mol. The number of fused-ring (bicyclic) bond motifs is 2. The smallest absolute Gasteiger partial charge is 0.419 e. The van der Waals surface area contributed by atoms with Gasteiger partial charge in [0.05, 0.1) is 11.4 Å². The number of nitrogens with zero attached hydrogens (tertiary/aromatic N) is 3. The summed E-state index contributed by atoms with van der Waals surface area (Å²) < 4.78 is 41.3. The second kappa shape index (κ2) is 7.31. The predicted molar refractivity (Wildman–Crippen MR) is 117 cm³/mol. The Balaban J connectivity index is 1.55. The maximum Gasteiger partial charge on any atom is 0.419 e. The van der Waals surface area contributed by atoms with Crippen LogP contribution in [0.2, 0.25) is 0 Å². The number of likely N-dealkylation sites (N-methyl/N-ethyl adjacent to an activating group) is 1. The lowest BCUT2D eigenvalue weighted by molar-refractivity contribution is 0.200. The summed E-state index contributed by atoms with van der Waals surface area (Å²) in [7, 11) is -2.19. The maximum absolute atomic E-state index is 14.4. The van der Waals surface area contributed by atoms with Crippen molar-refractivity contribution >= 4 is 33.7 Å². The minimum Gasteiger partial charge on any atom is -0.464 e. The van der Waals surface area contributed by atoms with Gasteiger partial charge in [0, 0.05) is 49.6 Å². The van der Waals surface area contributed by atoms with Crippen LogP contribution < -0.4 is 10.1 Å². The van der Waals surface area contributed by atoms with Crippen molar-refractivity contribution < 1.29 is 22.7 Å². The fourth-order valence-corrected chi connectivity index (χ4v) is 5.40. The van der Waals surface area contributed by atoms with Crippen molar-refractivity contribution in [2.45, 2.75) is 6.42 Å². The van der Waals surface area contributed by atoms with E-state index >= 15 is 0 Å². The van der Waals surface area contributed by atoms with Gasteiger partial charge in [0.2, 0.25) is 0 Å². The molecule has 1 aromatic rings. The highest BCUT2D eigenvalue weighted by Gasteiger charge is 2.32. The van der Waals surface area contributed by atoms with Crippen LogP contribution in [-0.2, 0) is 10.2 Å². The summed E-state index contributed by atoms with van der Waals surface area (Å²) in [5, 5.41) is 13.3. The first-order valence-corrected chi connectivity index (χ1v) is 11.4. The van der Waals surface area contributed by atoms with Crippen molar-refractivity contribution in [2.75, 3.05) is 26.7 Å². The zero-order chi connectivity index (χ0) is 22.6. The van der Waals surface area contributed by atoms with Gasteiger partial charge in [-0.05, 0) is 41.3 Å². The van der Waals surface area contributed by atoms with Crippen molar-refractivity contribution in [1.29, 1.82) is 0 Å². The molecule has 0 bridgehead atoms. The van der Waals surface area contributed by atoms with Crippen LogP contribution in [0.25, 0.3) is 11.6 Å². The molecule has 0 saturated heterocycles. The van der Waals surface area contributed by atoms with E-state index in [1.807, 2.05) is 30.3 Å². The number of carbonyl (C=O) groups is 1. The van der Waals surface area contributed by atoms with E-state index in [4.69, 9.17) is 5.11 Å². The summed E-state index contributed by atoms with van der Waals surface area (Å²) in [4.78, 5) is 12.8. The molecule has 0 spiro atoms. The van der Waals surface area contributed by atoms with Crippen LogP contribution in [0, 0.1) is 5.82 Å². The molecule has 9 nitrogen and oxygen atoms in total. The van der Waals surface area contributed by atoms with Crippen molar-refractivity contribution in [3.05, 3.63) is 69.8 Å². The average molecular weight is 457 g/mol. The van der Waals surface area contributed by atoms with E-state index < -0.39 is 16.3 Å². The summed E-state index contributed by atoms with van der Waals surface area (Å²) >= 11 is 0. The normalized spacial score (nSPS) is 19.9. The Kier molecular flexibility index (Phi) is 4.68. The van der Waals surface area contributed by atoms with Crippen molar-refractivity contribution in [1.82, 2.24) is 19.4 Å². The molecule has 166 valence electrons. The number of rotatable bonds is 3. The zero-order valence-electron chi connectivity index (χ0n) is 17.1. The molecule has 5 rings (SSSR count). The molecule has 4 aliphatic rings. The summed E-state index contributed by atoms with van der Waals surface area (Å²) in [5.41, 5.74) is 9.76. The third-order valence-electron chi connectivity index (χ3n) is 5.83. The molecule has 0 atom stereocenters. The Morgan fingerprint density at radius 1 is 1.31 bits per heavy atom. The predicted octanol–water partition coefficient (Wildman–Crippen LogP) is 1.84. The fraction of sp³-hybridized carbons (Fsp3) is 0.238. The topological polar surface area (TPSA) is 114 Å². The summed E-state index contributed by atoms with van der Waals surface area (Å²) in [6.07, 6.45) is 6.21. The molecular formula is C21H20FN5O4S. The van der Waals surface area contributed by atoms with Gasteiger partial charge in [0.15, 0.2) is 0 Å². The molecule has 32 heavy (non-hydrogen) atoms. The number of allylic oxidation sites excluding steroid dienone is 2. The van der Waals surface area contributed by atoms with Crippen LogP contribution in [0.4, 0.5) is 9.18 Å². The average Bonchev–Trinajstić information content (AvgIpc) is 3.06. The minimum absolute atomic E-state index is 0.0457. The molecule has 1 aromatic carbocycles. The number of hydrogen-bond donors (Lipinski definition) is 3. The number of amides is 1. The molecule has 0 unspecified atom stereocenters. The van der Waals surface area contributed by atoms with Crippen LogP contribution >= 0.6 is 0 Å². The van der Waals surface area contributed by atoms with Gasteiger partial charge in [0.25, 0.3) is 0 Å². The Hall–Kier alpha value is -3.44. The molecule has 3 heterocycles. The van der Waals surface area contributed by atoms with E-state index in [0.717, 1.165) is 49.1 Å². The highest BCUT2D eigenvalue weighted by atomic mass is 32.2. The number of hydrogen-bond acceptors (Lipinski definition) is 6. The van der Waals surface area contributed by atoms with Gasteiger partial charge in [-0.3, -0.25) is 5.43 Å². The fourth-order valence-electron chi connectivity index (χ4n) is 4.45. The Bertz CT molecular complexity index is 1310. The van der Waals surface area contributed by atoms with E-state index in [1.54, 1.807) is 10.8 Å². The second-order valence-electron chi connectivity index (χ2n) is 7.92. The standard InChI is InChI=1S/C21H20FN5O4S/c1-26-10-16(12-4-6-27(7-5-12)32(30,31)25-21(28)29)20-17(11-26)15-9-14(22)8-13-2-3-18(19(13)15)23-24-20/h2-4,8-9,11,24-25H,5-7,10H2,1H3,(H,28,29). The molecule has 11 heteroatoms. The number of halogens is 1. The van der Waals surface area contributed by atoms with Gasteiger partial charge in [-0.25, -0.2) is 13.9 Å². The van der Waals surface area contributed by atoms with E-state index in [1.165, 1.54) is 12.1 Å². The van der Waals surface area contributed by atoms with Gasteiger partial charge in [0.1, 0.15) is 5.82 Å². The van der Waals surface area contributed by atoms with Crippen LogP contribution in [0.15, 0.2) is 52.4 Å². The number of hydrazone groups is 1.